The molecular formula is C12H28N2O. The van der Waals surface area contributed by atoms with E-state index in [1.807, 2.05) is 0 Å². The van der Waals surface area contributed by atoms with Gasteiger partial charge in [0.05, 0.1) is 6.10 Å². The molecule has 3 heteroatoms. The van der Waals surface area contributed by atoms with Gasteiger partial charge in [-0.1, -0.05) is 27.7 Å². The molecule has 0 aromatic carbocycles. The van der Waals surface area contributed by atoms with Crippen LogP contribution in [0.25, 0.3) is 0 Å². The van der Waals surface area contributed by atoms with Crippen LogP contribution in [0.5, 0.6) is 0 Å². The van der Waals surface area contributed by atoms with Gasteiger partial charge >= 0.3 is 0 Å². The Morgan fingerprint density at radius 1 is 1.33 bits per heavy atom. The number of aliphatic hydroxyl groups is 1. The summed E-state index contributed by atoms with van der Waals surface area (Å²) in [5.74, 6) is 0. The third-order valence-electron chi connectivity index (χ3n) is 2.07. The SMILES string of the molecule is CCCNCC(O)CN(C)CC(C)(C)C. The van der Waals surface area contributed by atoms with Crippen molar-refractivity contribution in [2.45, 2.75) is 40.2 Å². The van der Waals surface area contributed by atoms with Gasteiger partial charge in [0.2, 0.25) is 0 Å². The molecule has 0 heterocycles. The van der Waals surface area contributed by atoms with Crippen LogP contribution in [-0.2, 0) is 0 Å². The standard InChI is InChI=1S/C12H28N2O/c1-6-7-13-8-11(15)9-14(5)10-12(2,3)4/h11,13,15H,6-10H2,1-5H3. The summed E-state index contributed by atoms with van der Waals surface area (Å²) in [5, 5.41) is 13.0. The molecule has 0 radical (unpaired) electrons. The van der Waals surface area contributed by atoms with Crippen molar-refractivity contribution < 1.29 is 5.11 Å². The molecule has 1 unspecified atom stereocenters. The zero-order valence-corrected chi connectivity index (χ0v) is 11.0. The summed E-state index contributed by atoms with van der Waals surface area (Å²) in [4.78, 5) is 2.19. The van der Waals surface area contributed by atoms with Crippen molar-refractivity contribution in [3.63, 3.8) is 0 Å². The first kappa shape index (κ1) is 14.9. The molecule has 0 aliphatic heterocycles. The van der Waals surface area contributed by atoms with E-state index in [4.69, 9.17) is 0 Å². The fourth-order valence-corrected chi connectivity index (χ4v) is 1.74. The first-order valence-corrected chi connectivity index (χ1v) is 5.92. The van der Waals surface area contributed by atoms with Crippen LogP contribution in [0.3, 0.4) is 0 Å². The lowest BCUT2D eigenvalue weighted by Crippen LogP contribution is -2.39. The van der Waals surface area contributed by atoms with Gasteiger partial charge in [0.25, 0.3) is 0 Å². The fraction of sp³-hybridized carbons (Fsp3) is 1.00. The van der Waals surface area contributed by atoms with Gasteiger partial charge in [0.1, 0.15) is 0 Å². The van der Waals surface area contributed by atoms with Crippen LogP contribution in [0.4, 0.5) is 0 Å². The smallest absolute Gasteiger partial charge is 0.0791 e. The topological polar surface area (TPSA) is 35.5 Å². The highest BCUT2D eigenvalue weighted by atomic mass is 16.3. The number of likely N-dealkylation sites (N-methyl/N-ethyl adjacent to an activating group) is 1. The summed E-state index contributed by atoms with van der Waals surface area (Å²) >= 11 is 0. The minimum atomic E-state index is -0.260. The van der Waals surface area contributed by atoms with Gasteiger partial charge in [-0.3, -0.25) is 0 Å². The first-order chi connectivity index (χ1) is 6.85. The maximum atomic E-state index is 9.74. The summed E-state index contributed by atoms with van der Waals surface area (Å²) in [6.07, 6.45) is 0.855. The van der Waals surface area contributed by atoms with Crippen LogP contribution in [0.15, 0.2) is 0 Å². The normalized spacial score (nSPS) is 14.6. The van der Waals surface area contributed by atoms with Gasteiger partial charge in [-0.15, -0.1) is 0 Å². The highest BCUT2D eigenvalue weighted by Crippen LogP contribution is 2.13. The highest BCUT2D eigenvalue weighted by Gasteiger charge is 2.15. The van der Waals surface area contributed by atoms with E-state index in [0.717, 1.165) is 26.1 Å². The number of hydrogen-bond donors (Lipinski definition) is 2. The van der Waals surface area contributed by atoms with Crippen molar-refractivity contribution in [3.8, 4) is 0 Å². The number of aliphatic hydroxyl groups excluding tert-OH is 1. The van der Waals surface area contributed by atoms with Crippen molar-refractivity contribution in [3.05, 3.63) is 0 Å². The van der Waals surface area contributed by atoms with E-state index in [2.05, 4.69) is 45.0 Å². The van der Waals surface area contributed by atoms with Crippen molar-refractivity contribution in [1.82, 2.24) is 10.2 Å². The minimum Gasteiger partial charge on any atom is -0.390 e. The summed E-state index contributed by atoms with van der Waals surface area (Å²) in [6, 6.07) is 0. The average Bonchev–Trinajstić information content (AvgIpc) is 2.00. The molecule has 0 amide bonds. The average molecular weight is 216 g/mol. The lowest BCUT2D eigenvalue weighted by molar-refractivity contribution is 0.107. The fourth-order valence-electron chi connectivity index (χ4n) is 1.74. The predicted octanol–water partition coefficient (Wildman–Crippen LogP) is 1.32. The second kappa shape index (κ2) is 7.20. The van der Waals surface area contributed by atoms with E-state index in [0.29, 0.717) is 12.0 Å². The molecule has 0 spiro atoms. The van der Waals surface area contributed by atoms with E-state index >= 15 is 0 Å². The third-order valence-corrected chi connectivity index (χ3v) is 2.07. The van der Waals surface area contributed by atoms with E-state index in [9.17, 15) is 5.11 Å². The Morgan fingerprint density at radius 2 is 1.93 bits per heavy atom. The van der Waals surface area contributed by atoms with Crippen LogP contribution in [0.1, 0.15) is 34.1 Å². The molecule has 15 heavy (non-hydrogen) atoms. The van der Waals surface area contributed by atoms with Gasteiger partial charge in [-0.05, 0) is 25.4 Å². The van der Waals surface area contributed by atoms with E-state index in [1.54, 1.807) is 0 Å². The second-order valence-electron chi connectivity index (χ2n) is 5.62. The Hall–Kier alpha value is -0.120. The zero-order chi connectivity index (χ0) is 11.9. The molecule has 0 aliphatic rings. The van der Waals surface area contributed by atoms with Crippen LogP contribution in [0.2, 0.25) is 0 Å². The van der Waals surface area contributed by atoms with E-state index in [1.165, 1.54) is 0 Å². The van der Waals surface area contributed by atoms with Gasteiger partial charge in [-0.2, -0.15) is 0 Å². The van der Waals surface area contributed by atoms with Crippen molar-refractivity contribution in [2.75, 3.05) is 33.2 Å². The molecule has 0 aliphatic carbocycles. The molecule has 0 saturated heterocycles. The molecule has 0 aromatic heterocycles. The Labute approximate surface area is 94.9 Å². The van der Waals surface area contributed by atoms with Crippen LogP contribution < -0.4 is 5.32 Å². The summed E-state index contributed by atoms with van der Waals surface area (Å²) in [5.41, 5.74) is 0.297. The van der Waals surface area contributed by atoms with Crippen molar-refractivity contribution in [1.29, 1.82) is 0 Å². The number of rotatable bonds is 7. The quantitative estimate of drug-likeness (QED) is 0.630. The Morgan fingerprint density at radius 3 is 2.40 bits per heavy atom. The molecule has 92 valence electrons. The second-order valence-corrected chi connectivity index (χ2v) is 5.62. The van der Waals surface area contributed by atoms with Crippen molar-refractivity contribution >= 4 is 0 Å². The molecule has 0 aromatic rings. The molecule has 0 rings (SSSR count). The summed E-state index contributed by atoms with van der Waals surface area (Å²) in [7, 11) is 2.06. The zero-order valence-electron chi connectivity index (χ0n) is 11.0. The first-order valence-electron chi connectivity index (χ1n) is 5.92. The van der Waals surface area contributed by atoms with Gasteiger partial charge in [-0.25, -0.2) is 0 Å². The van der Waals surface area contributed by atoms with Crippen molar-refractivity contribution in [2.24, 2.45) is 5.41 Å². The Bertz CT molecular complexity index is 154. The lowest BCUT2D eigenvalue weighted by Gasteiger charge is -2.28. The minimum absolute atomic E-state index is 0.260. The molecule has 0 fully saturated rings. The number of hydrogen-bond acceptors (Lipinski definition) is 3. The summed E-state index contributed by atoms with van der Waals surface area (Å²) in [6.45, 7) is 12.2. The van der Waals surface area contributed by atoms with Crippen LogP contribution in [0, 0.1) is 5.41 Å². The monoisotopic (exact) mass is 216 g/mol. The molecule has 2 N–H and O–H groups in total. The highest BCUT2D eigenvalue weighted by molar-refractivity contribution is 4.70. The largest absolute Gasteiger partial charge is 0.390 e. The van der Waals surface area contributed by atoms with Crippen LogP contribution >= 0.6 is 0 Å². The van der Waals surface area contributed by atoms with Gasteiger partial charge < -0.3 is 15.3 Å². The van der Waals surface area contributed by atoms with Gasteiger partial charge in [0.15, 0.2) is 0 Å². The predicted molar refractivity (Wildman–Crippen MR) is 66.1 cm³/mol. The molecule has 0 saturated carbocycles. The maximum absolute atomic E-state index is 9.74. The van der Waals surface area contributed by atoms with E-state index in [-0.39, 0.29) is 6.10 Å². The van der Waals surface area contributed by atoms with Gasteiger partial charge in [0, 0.05) is 19.6 Å². The van der Waals surface area contributed by atoms with E-state index < -0.39 is 0 Å². The molecule has 0 bridgehead atoms. The maximum Gasteiger partial charge on any atom is 0.0791 e. The number of nitrogens with zero attached hydrogens (tertiary/aromatic N) is 1. The lowest BCUT2D eigenvalue weighted by atomic mass is 9.96. The molecule has 1 atom stereocenters. The Balaban J connectivity index is 3.62. The summed E-state index contributed by atoms with van der Waals surface area (Å²) < 4.78 is 0. The van der Waals surface area contributed by atoms with Crippen LogP contribution in [-0.4, -0.2) is 49.3 Å². The molecular weight excluding hydrogens is 188 g/mol. The molecule has 3 nitrogen and oxygen atoms in total. The number of nitrogens with one attached hydrogen (secondary N) is 1. The Kier molecular flexibility index (Phi) is 7.14. The third kappa shape index (κ3) is 10.2.